The van der Waals surface area contributed by atoms with Crippen molar-refractivity contribution in [3.05, 3.63) is 75.3 Å². The fraction of sp³-hybridized carbons (Fsp3) is 0.211. The van der Waals surface area contributed by atoms with Gasteiger partial charge >= 0.3 is 0 Å². The summed E-state index contributed by atoms with van der Waals surface area (Å²) in [6.07, 6.45) is 3.06. The van der Waals surface area contributed by atoms with Crippen LogP contribution in [0.2, 0.25) is 0 Å². The Morgan fingerprint density at radius 3 is 2.42 bits per heavy atom. The van der Waals surface area contributed by atoms with E-state index in [0.29, 0.717) is 5.92 Å². The Hall–Kier alpha value is -2.95. The summed E-state index contributed by atoms with van der Waals surface area (Å²) in [6.45, 7) is 6.12. The van der Waals surface area contributed by atoms with E-state index in [-0.39, 0.29) is 11.6 Å². The fourth-order valence-electron chi connectivity index (χ4n) is 2.39. The van der Waals surface area contributed by atoms with Crippen molar-refractivity contribution in [2.45, 2.75) is 26.7 Å². The SMILES string of the molecule is Cc1cccc(C(C)C)c1NC(=O)C=Cc1ccc([N+](=O)[O-])cc1. The summed E-state index contributed by atoms with van der Waals surface area (Å²) < 4.78 is 0. The van der Waals surface area contributed by atoms with Crippen molar-refractivity contribution in [2.75, 3.05) is 5.32 Å². The standard InChI is InChI=1S/C19H20N2O3/c1-13(2)17-6-4-5-14(3)19(17)20-18(22)12-9-15-7-10-16(11-8-15)21(23)24/h4-13H,1-3H3,(H,20,22). The van der Waals surface area contributed by atoms with Crippen LogP contribution in [-0.2, 0) is 4.79 Å². The molecule has 0 heterocycles. The number of para-hydroxylation sites is 1. The van der Waals surface area contributed by atoms with Gasteiger partial charge in [-0.25, -0.2) is 0 Å². The molecule has 24 heavy (non-hydrogen) atoms. The molecule has 0 bridgehead atoms. The molecule has 0 saturated carbocycles. The molecule has 2 rings (SSSR count). The summed E-state index contributed by atoms with van der Waals surface area (Å²) in [5.41, 5.74) is 3.69. The van der Waals surface area contributed by atoms with Gasteiger partial charge in [0, 0.05) is 23.9 Å². The first kappa shape index (κ1) is 17.4. The molecule has 1 N–H and O–H groups in total. The van der Waals surface area contributed by atoms with E-state index in [1.807, 2.05) is 25.1 Å². The lowest BCUT2D eigenvalue weighted by Gasteiger charge is -2.15. The van der Waals surface area contributed by atoms with Crippen molar-refractivity contribution >= 4 is 23.4 Å². The van der Waals surface area contributed by atoms with Gasteiger partial charge in [-0.2, -0.15) is 0 Å². The van der Waals surface area contributed by atoms with Crippen LogP contribution in [0.15, 0.2) is 48.5 Å². The van der Waals surface area contributed by atoms with Gasteiger partial charge in [0.1, 0.15) is 0 Å². The van der Waals surface area contributed by atoms with Crippen LogP contribution in [0, 0.1) is 17.0 Å². The Morgan fingerprint density at radius 2 is 1.83 bits per heavy atom. The lowest BCUT2D eigenvalue weighted by Crippen LogP contribution is -2.11. The van der Waals surface area contributed by atoms with Gasteiger partial charge in [0.15, 0.2) is 0 Å². The minimum absolute atomic E-state index is 0.0260. The molecule has 0 fully saturated rings. The molecule has 1 amide bonds. The van der Waals surface area contributed by atoms with Crippen LogP contribution in [-0.4, -0.2) is 10.8 Å². The second kappa shape index (κ2) is 7.55. The third-order valence-electron chi connectivity index (χ3n) is 3.71. The van der Waals surface area contributed by atoms with E-state index in [2.05, 4.69) is 19.2 Å². The van der Waals surface area contributed by atoms with Crippen LogP contribution in [0.3, 0.4) is 0 Å². The predicted molar refractivity (Wildman–Crippen MR) is 96.0 cm³/mol. The molecular formula is C19H20N2O3. The number of hydrogen-bond donors (Lipinski definition) is 1. The molecule has 2 aromatic carbocycles. The van der Waals surface area contributed by atoms with Crippen molar-refractivity contribution in [2.24, 2.45) is 0 Å². The van der Waals surface area contributed by atoms with Crippen molar-refractivity contribution in [3.63, 3.8) is 0 Å². The average molecular weight is 324 g/mol. The molecule has 2 aromatic rings. The van der Waals surface area contributed by atoms with Gasteiger partial charge in [0.25, 0.3) is 5.69 Å². The van der Waals surface area contributed by atoms with Gasteiger partial charge in [-0.05, 0) is 47.7 Å². The van der Waals surface area contributed by atoms with E-state index in [4.69, 9.17) is 0 Å². The number of nitro benzene ring substituents is 1. The number of aryl methyl sites for hydroxylation is 1. The zero-order valence-electron chi connectivity index (χ0n) is 13.9. The third kappa shape index (κ3) is 4.29. The number of nitrogens with one attached hydrogen (secondary N) is 1. The number of amides is 1. The molecule has 0 aliphatic rings. The van der Waals surface area contributed by atoms with E-state index in [1.165, 1.54) is 18.2 Å². The first-order chi connectivity index (χ1) is 11.4. The second-order valence-electron chi connectivity index (χ2n) is 5.87. The molecular weight excluding hydrogens is 304 g/mol. The van der Waals surface area contributed by atoms with Gasteiger partial charge in [-0.3, -0.25) is 14.9 Å². The Bertz CT molecular complexity index is 778. The summed E-state index contributed by atoms with van der Waals surface area (Å²) >= 11 is 0. The van der Waals surface area contributed by atoms with E-state index < -0.39 is 4.92 Å². The van der Waals surface area contributed by atoms with Crippen LogP contribution in [0.25, 0.3) is 6.08 Å². The first-order valence-corrected chi connectivity index (χ1v) is 7.71. The molecule has 5 heteroatoms. The minimum Gasteiger partial charge on any atom is -0.322 e. The Balaban J connectivity index is 2.12. The molecule has 0 aromatic heterocycles. The van der Waals surface area contributed by atoms with Gasteiger partial charge in [0.05, 0.1) is 4.92 Å². The number of carbonyl (C=O) groups excluding carboxylic acids is 1. The number of carbonyl (C=O) groups is 1. The largest absolute Gasteiger partial charge is 0.322 e. The van der Waals surface area contributed by atoms with Gasteiger partial charge in [0.2, 0.25) is 5.91 Å². The van der Waals surface area contributed by atoms with Crippen LogP contribution >= 0.6 is 0 Å². The normalized spacial score (nSPS) is 11.0. The summed E-state index contributed by atoms with van der Waals surface area (Å²) in [4.78, 5) is 22.4. The number of non-ortho nitro benzene ring substituents is 1. The second-order valence-corrected chi connectivity index (χ2v) is 5.87. The average Bonchev–Trinajstić information content (AvgIpc) is 2.55. The van der Waals surface area contributed by atoms with E-state index in [0.717, 1.165) is 22.4 Å². The van der Waals surface area contributed by atoms with Crippen LogP contribution in [0.4, 0.5) is 11.4 Å². The predicted octanol–water partition coefficient (Wildman–Crippen LogP) is 4.68. The number of nitro groups is 1. The highest BCUT2D eigenvalue weighted by Gasteiger charge is 2.10. The maximum Gasteiger partial charge on any atom is 0.269 e. The first-order valence-electron chi connectivity index (χ1n) is 7.71. The van der Waals surface area contributed by atoms with Gasteiger partial charge < -0.3 is 5.32 Å². The van der Waals surface area contributed by atoms with E-state index in [9.17, 15) is 14.9 Å². The molecule has 5 nitrogen and oxygen atoms in total. The van der Waals surface area contributed by atoms with Crippen LogP contribution in [0.5, 0.6) is 0 Å². The molecule has 0 aliphatic heterocycles. The number of hydrogen-bond acceptors (Lipinski definition) is 3. The van der Waals surface area contributed by atoms with Gasteiger partial charge in [-0.15, -0.1) is 0 Å². The molecule has 0 aliphatic carbocycles. The van der Waals surface area contributed by atoms with Crippen molar-refractivity contribution < 1.29 is 9.72 Å². The smallest absolute Gasteiger partial charge is 0.269 e. The highest BCUT2D eigenvalue weighted by atomic mass is 16.6. The molecule has 0 saturated heterocycles. The van der Waals surface area contributed by atoms with Crippen LogP contribution in [0.1, 0.15) is 36.5 Å². The Labute approximate surface area is 141 Å². The number of nitrogens with zero attached hydrogens (tertiary/aromatic N) is 1. The lowest BCUT2D eigenvalue weighted by atomic mass is 9.98. The highest BCUT2D eigenvalue weighted by molar-refractivity contribution is 6.02. The summed E-state index contributed by atoms with van der Waals surface area (Å²) in [6, 6.07) is 12.0. The summed E-state index contributed by atoms with van der Waals surface area (Å²) in [5.74, 6) is 0.0726. The fourth-order valence-corrected chi connectivity index (χ4v) is 2.39. The molecule has 124 valence electrons. The van der Waals surface area contributed by atoms with Crippen molar-refractivity contribution in [1.82, 2.24) is 0 Å². The monoisotopic (exact) mass is 324 g/mol. The summed E-state index contributed by atoms with van der Waals surface area (Å²) in [5, 5.41) is 13.5. The quantitative estimate of drug-likeness (QED) is 0.493. The minimum atomic E-state index is -0.453. The Morgan fingerprint density at radius 1 is 1.17 bits per heavy atom. The van der Waals surface area contributed by atoms with Gasteiger partial charge in [-0.1, -0.05) is 32.0 Å². The molecule has 0 radical (unpaired) electrons. The van der Waals surface area contributed by atoms with Crippen molar-refractivity contribution in [3.8, 4) is 0 Å². The third-order valence-corrected chi connectivity index (χ3v) is 3.71. The maximum absolute atomic E-state index is 12.2. The number of benzene rings is 2. The number of rotatable bonds is 5. The number of anilines is 1. The Kier molecular flexibility index (Phi) is 5.47. The maximum atomic E-state index is 12.2. The van der Waals surface area contributed by atoms with E-state index in [1.54, 1.807) is 18.2 Å². The molecule has 0 unspecified atom stereocenters. The van der Waals surface area contributed by atoms with E-state index >= 15 is 0 Å². The lowest BCUT2D eigenvalue weighted by molar-refractivity contribution is -0.384. The summed E-state index contributed by atoms with van der Waals surface area (Å²) in [7, 11) is 0. The highest BCUT2D eigenvalue weighted by Crippen LogP contribution is 2.27. The molecule has 0 atom stereocenters. The van der Waals surface area contributed by atoms with Crippen molar-refractivity contribution in [1.29, 1.82) is 0 Å². The zero-order valence-corrected chi connectivity index (χ0v) is 13.9. The topological polar surface area (TPSA) is 72.2 Å². The molecule has 0 spiro atoms. The van der Waals surface area contributed by atoms with Crippen LogP contribution < -0.4 is 5.32 Å². The zero-order chi connectivity index (χ0) is 17.7.